The predicted molar refractivity (Wildman–Crippen MR) is 47.2 cm³/mol. The van der Waals surface area contributed by atoms with Crippen LogP contribution in [0.25, 0.3) is 0 Å². The first kappa shape index (κ1) is 8.25. The minimum atomic E-state index is -2.91. The summed E-state index contributed by atoms with van der Waals surface area (Å²) in [5.74, 6) is 0.207. The van der Waals surface area contributed by atoms with Gasteiger partial charge < -0.3 is 0 Å². The van der Waals surface area contributed by atoms with Crippen LogP contribution in [0.15, 0.2) is 4.60 Å². The van der Waals surface area contributed by atoms with E-state index < -0.39 is 9.84 Å². The quantitative estimate of drug-likeness (QED) is 0.678. The molecule has 6 heteroatoms. The fraction of sp³-hybridized carbons (Fsp3) is 0.500. The molecular weight excluding hydrogens is 244 g/mol. The molecule has 0 radical (unpaired) electrons. The molecule has 0 saturated carbocycles. The van der Waals surface area contributed by atoms with E-state index in [0.29, 0.717) is 5.69 Å². The molecule has 1 aromatic rings. The summed E-state index contributed by atoms with van der Waals surface area (Å²) >= 11 is 3.29. The summed E-state index contributed by atoms with van der Waals surface area (Å²) in [6, 6.07) is 0. The van der Waals surface area contributed by atoms with Crippen molar-refractivity contribution in [3.05, 3.63) is 15.9 Å². The van der Waals surface area contributed by atoms with Crippen LogP contribution in [0.1, 0.15) is 11.3 Å². The summed E-state index contributed by atoms with van der Waals surface area (Å²) in [4.78, 5) is 0. The zero-order valence-electron chi connectivity index (χ0n) is 6.41. The first-order chi connectivity index (χ1) is 5.49. The van der Waals surface area contributed by atoms with Crippen molar-refractivity contribution in [3.8, 4) is 0 Å². The van der Waals surface area contributed by atoms with E-state index >= 15 is 0 Å². The van der Waals surface area contributed by atoms with Crippen molar-refractivity contribution in [1.82, 2.24) is 9.78 Å². The molecule has 0 N–H and O–H groups in total. The van der Waals surface area contributed by atoms with Crippen LogP contribution >= 0.6 is 15.9 Å². The lowest BCUT2D eigenvalue weighted by Gasteiger charge is -1.94. The van der Waals surface area contributed by atoms with Gasteiger partial charge in [0.2, 0.25) is 0 Å². The van der Waals surface area contributed by atoms with E-state index in [-0.39, 0.29) is 11.5 Å². The molecule has 12 heavy (non-hydrogen) atoms. The number of hydrogen-bond acceptors (Lipinski definition) is 3. The van der Waals surface area contributed by atoms with Gasteiger partial charge in [0.05, 0.1) is 17.2 Å². The normalized spacial score (nSPS) is 19.5. The van der Waals surface area contributed by atoms with Gasteiger partial charge in [-0.25, -0.2) is 8.42 Å². The first-order valence-corrected chi connectivity index (χ1v) is 6.02. The van der Waals surface area contributed by atoms with E-state index in [1.807, 2.05) is 0 Å². The Morgan fingerprint density at radius 2 is 2.17 bits per heavy atom. The Morgan fingerprint density at radius 3 is 2.75 bits per heavy atom. The highest BCUT2D eigenvalue weighted by Gasteiger charge is 2.30. The fourth-order valence-electron chi connectivity index (χ4n) is 1.34. The summed E-state index contributed by atoms with van der Waals surface area (Å²) in [6.07, 6.45) is 0. The third kappa shape index (κ3) is 1.09. The molecule has 1 aliphatic heterocycles. The molecule has 0 saturated heterocycles. The van der Waals surface area contributed by atoms with E-state index in [1.54, 1.807) is 11.7 Å². The molecule has 0 fully saturated rings. The average molecular weight is 251 g/mol. The van der Waals surface area contributed by atoms with Crippen molar-refractivity contribution in [3.63, 3.8) is 0 Å². The summed E-state index contributed by atoms with van der Waals surface area (Å²) < 4.78 is 24.7. The standard InChI is InChI=1S/C6H7BrN2O2S/c1-9-6(7)4-2-12(10,11)3-5(4)8-9/h2-3H2,1H3. The molecule has 0 atom stereocenters. The average Bonchev–Trinajstić information content (AvgIpc) is 2.33. The maximum atomic E-state index is 11.1. The lowest BCUT2D eigenvalue weighted by molar-refractivity contribution is 0.596. The Balaban J connectivity index is 2.60. The van der Waals surface area contributed by atoms with Crippen molar-refractivity contribution in [2.75, 3.05) is 0 Å². The lowest BCUT2D eigenvalue weighted by atomic mass is 10.3. The number of hydrogen-bond donors (Lipinski definition) is 0. The number of rotatable bonds is 0. The van der Waals surface area contributed by atoms with E-state index in [4.69, 9.17) is 0 Å². The molecule has 0 bridgehead atoms. The van der Waals surface area contributed by atoms with Crippen molar-refractivity contribution in [1.29, 1.82) is 0 Å². The minimum Gasteiger partial charge on any atom is -0.261 e. The number of nitrogens with zero attached hydrogens (tertiary/aromatic N) is 2. The number of sulfone groups is 1. The van der Waals surface area contributed by atoms with E-state index in [1.165, 1.54) is 0 Å². The Hall–Kier alpha value is -0.360. The molecular formula is C6H7BrN2O2S. The van der Waals surface area contributed by atoms with Crippen LogP contribution in [0.2, 0.25) is 0 Å². The van der Waals surface area contributed by atoms with Crippen LogP contribution in [-0.2, 0) is 28.4 Å². The molecule has 0 unspecified atom stereocenters. The van der Waals surface area contributed by atoms with Gasteiger partial charge in [0.15, 0.2) is 9.84 Å². The topological polar surface area (TPSA) is 52.0 Å². The van der Waals surface area contributed by atoms with Crippen LogP contribution in [0.3, 0.4) is 0 Å². The van der Waals surface area contributed by atoms with Crippen LogP contribution < -0.4 is 0 Å². The maximum absolute atomic E-state index is 11.1. The van der Waals surface area contributed by atoms with Crippen LogP contribution in [-0.4, -0.2) is 18.2 Å². The number of halogens is 1. The molecule has 0 amide bonds. The van der Waals surface area contributed by atoms with Crippen molar-refractivity contribution in [2.45, 2.75) is 11.5 Å². The SMILES string of the molecule is Cn1nc2c(c1Br)CS(=O)(=O)C2. The highest BCUT2D eigenvalue weighted by molar-refractivity contribution is 9.10. The highest BCUT2D eigenvalue weighted by atomic mass is 79.9. The maximum Gasteiger partial charge on any atom is 0.160 e. The number of aromatic nitrogens is 2. The molecule has 1 aliphatic rings. The zero-order chi connectivity index (χ0) is 8.93. The molecule has 0 spiro atoms. The summed E-state index contributed by atoms with van der Waals surface area (Å²) in [7, 11) is -1.12. The largest absolute Gasteiger partial charge is 0.261 e. The molecule has 0 aliphatic carbocycles. The van der Waals surface area contributed by atoms with Gasteiger partial charge in [-0.15, -0.1) is 0 Å². The van der Waals surface area contributed by atoms with Crippen LogP contribution in [0, 0.1) is 0 Å². The third-order valence-corrected chi connectivity index (χ3v) is 4.31. The van der Waals surface area contributed by atoms with Crippen molar-refractivity contribution >= 4 is 25.8 Å². The fourth-order valence-corrected chi connectivity index (χ4v) is 3.47. The summed E-state index contributed by atoms with van der Waals surface area (Å²) in [5.41, 5.74) is 1.50. The molecule has 1 aromatic heterocycles. The van der Waals surface area contributed by atoms with Gasteiger partial charge in [0.1, 0.15) is 4.60 Å². The molecule has 4 nitrogen and oxygen atoms in total. The second-order valence-electron chi connectivity index (χ2n) is 2.87. The smallest absolute Gasteiger partial charge is 0.160 e. The predicted octanol–water partition coefficient (Wildman–Crippen LogP) is 0.611. The third-order valence-electron chi connectivity index (χ3n) is 1.87. The van der Waals surface area contributed by atoms with Gasteiger partial charge in [-0.3, -0.25) is 4.68 Å². The van der Waals surface area contributed by atoms with Gasteiger partial charge in [0.25, 0.3) is 0 Å². The van der Waals surface area contributed by atoms with Gasteiger partial charge in [-0.1, -0.05) is 0 Å². The van der Waals surface area contributed by atoms with Gasteiger partial charge in [-0.05, 0) is 15.9 Å². The minimum absolute atomic E-state index is 0.0851. The second kappa shape index (κ2) is 2.32. The van der Waals surface area contributed by atoms with Crippen molar-refractivity contribution < 1.29 is 8.42 Å². The summed E-state index contributed by atoms with van der Waals surface area (Å²) in [5, 5.41) is 4.08. The Morgan fingerprint density at radius 1 is 1.50 bits per heavy atom. The monoisotopic (exact) mass is 250 g/mol. The van der Waals surface area contributed by atoms with Gasteiger partial charge in [0, 0.05) is 12.6 Å². The van der Waals surface area contributed by atoms with Gasteiger partial charge in [-0.2, -0.15) is 5.10 Å². The Labute approximate surface area is 78.6 Å². The number of fused-ring (bicyclic) bond motifs is 1. The van der Waals surface area contributed by atoms with E-state index in [2.05, 4.69) is 21.0 Å². The van der Waals surface area contributed by atoms with Gasteiger partial charge >= 0.3 is 0 Å². The van der Waals surface area contributed by atoms with Crippen molar-refractivity contribution in [2.24, 2.45) is 7.05 Å². The zero-order valence-corrected chi connectivity index (χ0v) is 8.81. The van der Waals surface area contributed by atoms with Crippen LogP contribution in [0.5, 0.6) is 0 Å². The number of aryl methyl sites for hydroxylation is 1. The lowest BCUT2D eigenvalue weighted by Crippen LogP contribution is -2.01. The summed E-state index contributed by atoms with van der Waals surface area (Å²) in [6.45, 7) is 0. The second-order valence-corrected chi connectivity index (χ2v) is 5.69. The van der Waals surface area contributed by atoms with E-state index in [0.717, 1.165) is 10.2 Å². The molecule has 2 heterocycles. The molecule has 0 aromatic carbocycles. The molecule has 66 valence electrons. The Kier molecular flexibility index (Phi) is 1.60. The van der Waals surface area contributed by atoms with Crippen LogP contribution in [0.4, 0.5) is 0 Å². The Bertz CT molecular complexity index is 435. The molecule has 2 rings (SSSR count). The van der Waals surface area contributed by atoms with E-state index in [9.17, 15) is 8.42 Å². The highest BCUT2D eigenvalue weighted by Crippen LogP contribution is 2.29. The first-order valence-electron chi connectivity index (χ1n) is 3.40.